The molecule has 1 aliphatic heterocycles. The largest absolute Gasteiger partial charge is 0.377 e. The van der Waals surface area contributed by atoms with Crippen LogP contribution in [0.1, 0.15) is 41.1 Å². The van der Waals surface area contributed by atoms with Crippen LogP contribution in [0.4, 0.5) is 0 Å². The molecule has 4 rings (SSSR count). The number of nitrogens with one attached hydrogen (secondary N) is 1. The van der Waals surface area contributed by atoms with E-state index < -0.39 is 0 Å². The Balaban J connectivity index is 1.52. The Hall–Kier alpha value is -1.57. The Morgan fingerprint density at radius 3 is 3.00 bits per heavy atom. The van der Waals surface area contributed by atoms with Crippen LogP contribution >= 0.6 is 11.3 Å². The summed E-state index contributed by atoms with van der Waals surface area (Å²) in [6.07, 6.45) is 2.36. The third-order valence-electron chi connectivity index (χ3n) is 4.58. The van der Waals surface area contributed by atoms with Crippen LogP contribution in [0.5, 0.6) is 0 Å². The quantitative estimate of drug-likeness (QED) is 0.901. The first-order chi connectivity index (χ1) is 11.2. The lowest BCUT2D eigenvalue weighted by molar-refractivity contribution is 0.180. The number of ether oxygens (including phenoxy) is 1. The molecule has 0 bridgehead atoms. The zero-order chi connectivity index (χ0) is 15.8. The minimum absolute atomic E-state index is 0.0468. The smallest absolute Gasteiger partial charge is 0.267 e. The second-order valence-electron chi connectivity index (χ2n) is 6.27. The maximum Gasteiger partial charge on any atom is 0.267 e. The van der Waals surface area contributed by atoms with Gasteiger partial charge in [-0.25, -0.2) is 9.67 Å². The van der Waals surface area contributed by atoms with E-state index in [-0.39, 0.29) is 17.6 Å². The number of rotatable bonds is 5. The second-order valence-corrected chi connectivity index (χ2v) is 7.21. The number of aromatic nitrogens is 3. The highest BCUT2D eigenvalue weighted by atomic mass is 32.1. The topological polar surface area (TPSA) is 69.0 Å². The molecular formula is C16H20N4O2S. The van der Waals surface area contributed by atoms with Crippen LogP contribution in [-0.2, 0) is 11.3 Å². The summed E-state index contributed by atoms with van der Waals surface area (Å²) in [7, 11) is 0. The molecule has 2 aromatic rings. The van der Waals surface area contributed by atoms with Crippen molar-refractivity contribution in [1.82, 2.24) is 20.1 Å². The average Bonchev–Trinajstić information content (AvgIpc) is 3.16. The fraction of sp³-hybridized carbons (Fsp3) is 0.562. The Labute approximate surface area is 138 Å². The molecule has 1 saturated heterocycles. The second kappa shape index (κ2) is 6.14. The van der Waals surface area contributed by atoms with E-state index in [2.05, 4.69) is 15.4 Å². The first-order valence-corrected chi connectivity index (χ1v) is 8.90. The minimum atomic E-state index is -0.0503. The summed E-state index contributed by atoms with van der Waals surface area (Å²) in [5.41, 5.74) is 3.91. The van der Waals surface area contributed by atoms with Gasteiger partial charge in [0.2, 0.25) is 0 Å². The molecule has 2 atom stereocenters. The Bertz CT molecular complexity index is 753. The first kappa shape index (κ1) is 15.0. The van der Waals surface area contributed by atoms with Crippen LogP contribution in [0.25, 0.3) is 0 Å². The van der Waals surface area contributed by atoms with Gasteiger partial charge in [0.15, 0.2) is 0 Å². The third kappa shape index (κ3) is 3.08. The monoisotopic (exact) mass is 332 g/mol. The molecule has 7 heteroatoms. The van der Waals surface area contributed by atoms with Gasteiger partial charge in [-0.3, -0.25) is 4.79 Å². The van der Waals surface area contributed by atoms with Crippen molar-refractivity contribution in [3.8, 4) is 0 Å². The Morgan fingerprint density at radius 2 is 2.26 bits per heavy atom. The van der Waals surface area contributed by atoms with Crippen molar-refractivity contribution in [3.05, 3.63) is 44.3 Å². The van der Waals surface area contributed by atoms with Crippen molar-refractivity contribution in [2.75, 3.05) is 13.2 Å². The Kier molecular flexibility index (Phi) is 4.00. The molecule has 6 nitrogen and oxygen atoms in total. The number of hydrogen-bond acceptors (Lipinski definition) is 6. The summed E-state index contributed by atoms with van der Waals surface area (Å²) in [5.74, 6) is 0.537. The van der Waals surface area contributed by atoms with Gasteiger partial charge in [0, 0.05) is 23.4 Å². The van der Waals surface area contributed by atoms with Gasteiger partial charge in [-0.2, -0.15) is 5.10 Å². The standard InChI is InChI=1S/C16H20N4O2S/c1-10-15(23-9-18-10)6-17-13-7-22-8-14(13)20-16(21)5-4-12(19-20)11-2-3-11/h4-5,9,11,13-14,17H,2-3,6-8H2,1H3. The first-order valence-electron chi connectivity index (χ1n) is 8.02. The Morgan fingerprint density at radius 1 is 1.39 bits per heavy atom. The molecule has 23 heavy (non-hydrogen) atoms. The van der Waals surface area contributed by atoms with Gasteiger partial charge in [0.05, 0.1) is 42.2 Å². The lowest BCUT2D eigenvalue weighted by atomic mass is 10.1. The molecule has 0 radical (unpaired) electrons. The molecule has 2 fully saturated rings. The van der Waals surface area contributed by atoms with Crippen LogP contribution in [-0.4, -0.2) is 34.0 Å². The maximum absolute atomic E-state index is 12.2. The average molecular weight is 332 g/mol. The molecule has 2 aliphatic rings. The molecule has 2 unspecified atom stereocenters. The highest BCUT2D eigenvalue weighted by molar-refractivity contribution is 7.09. The zero-order valence-electron chi connectivity index (χ0n) is 13.1. The van der Waals surface area contributed by atoms with Crippen molar-refractivity contribution < 1.29 is 4.74 Å². The molecule has 0 amide bonds. The SMILES string of the molecule is Cc1ncsc1CNC1COCC1n1nc(C2CC2)ccc1=O. The summed E-state index contributed by atoms with van der Waals surface area (Å²) in [6.45, 7) is 3.89. The van der Waals surface area contributed by atoms with Crippen LogP contribution in [0.15, 0.2) is 22.4 Å². The van der Waals surface area contributed by atoms with Crippen LogP contribution in [0.2, 0.25) is 0 Å². The molecule has 2 aromatic heterocycles. The van der Waals surface area contributed by atoms with Crippen LogP contribution in [0, 0.1) is 6.92 Å². The number of hydrogen-bond donors (Lipinski definition) is 1. The number of thiazole rings is 1. The molecular weight excluding hydrogens is 312 g/mol. The van der Waals surface area contributed by atoms with Crippen molar-refractivity contribution in [3.63, 3.8) is 0 Å². The summed E-state index contributed by atoms with van der Waals surface area (Å²) in [6, 6.07) is 3.56. The summed E-state index contributed by atoms with van der Waals surface area (Å²) in [4.78, 5) is 17.7. The van der Waals surface area contributed by atoms with Crippen molar-refractivity contribution in [2.45, 2.75) is 44.3 Å². The predicted molar refractivity (Wildman–Crippen MR) is 87.8 cm³/mol. The van der Waals surface area contributed by atoms with Crippen molar-refractivity contribution >= 4 is 11.3 Å². The van der Waals surface area contributed by atoms with Gasteiger partial charge in [0.1, 0.15) is 0 Å². The summed E-state index contributed by atoms with van der Waals surface area (Å²) >= 11 is 1.65. The maximum atomic E-state index is 12.2. The van der Waals surface area contributed by atoms with Crippen LogP contribution in [0.3, 0.4) is 0 Å². The highest BCUT2D eigenvalue weighted by Crippen LogP contribution is 2.38. The fourth-order valence-corrected chi connectivity index (χ4v) is 3.70. The number of nitrogens with zero attached hydrogens (tertiary/aromatic N) is 3. The van der Waals surface area contributed by atoms with E-state index in [0.29, 0.717) is 19.1 Å². The molecule has 3 heterocycles. The molecule has 1 saturated carbocycles. The summed E-state index contributed by atoms with van der Waals surface area (Å²) in [5, 5.41) is 8.11. The van der Waals surface area contributed by atoms with E-state index in [4.69, 9.17) is 4.74 Å². The van der Waals surface area contributed by atoms with Crippen molar-refractivity contribution in [2.24, 2.45) is 0 Å². The minimum Gasteiger partial charge on any atom is -0.377 e. The van der Waals surface area contributed by atoms with E-state index in [1.165, 1.54) is 17.7 Å². The van der Waals surface area contributed by atoms with E-state index in [0.717, 1.165) is 17.9 Å². The molecule has 0 spiro atoms. The van der Waals surface area contributed by atoms with Gasteiger partial charge in [-0.1, -0.05) is 0 Å². The number of aryl methyl sites for hydroxylation is 1. The lowest BCUT2D eigenvalue weighted by Gasteiger charge is -2.20. The zero-order valence-corrected chi connectivity index (χ0v) is 13.9. The van der Waals surface area contributed by atoms with Gasteiger partial charge >= 0.3 is 0 Å². The van der Waals surface area contributed by atoms with Crippen molar-refractivity contribution in [1.29, 1.82) is 0 Å². The lowest BCUT2D eigenvalue weighted by Crippen LogP contribution is -2.41. The van der Waals surface area contributed by atoms with Crippen LogP contribution < -0.4 is 10.9 Å². The van der Waals surface area contributed by atoms with Gasteiger partial charge in [0.25, 0.3) is 5.56 Å². The van der Waals surface area contributed by atoms with E-state index >= 15 is 0 Å². The van der Waals surface area contributed by atoms with E-state index in [9.17, 15) is 4.79 Å². The normalized spacial score (nSPS) is 24.2. The van der Waals surface area contributed by atoms with Gasteiger partial charge < -0.3 is 10.1 Å². The molecule has 1 N–H and O–H groups in total. The summed E-state index contributed by atoms with van der Waals surface area (Å²) < 4.78 is 7.24. The van der Waals surface area contributed by atoms with Gasteiger partial charge in [-0.15, -0.1) is 11.3 Å². The molecule has 1 aliphatic carbocycles. The molecule has 122 valence electrons. The molecule has 0 aromatic carbocycles. The highest BCUT2D eigenvalue weighted by Gasteiger charge is 2.32. The fourth-order valence-electron chi connectivity index (χ4n) is 2.97. The van der Waals surface area contributed by atoms with E-state index in [1.807, 2.05) is 18.5 Å². The third-order valence-corrected chi connectivity index (χ3v) is 5.51. The van der Waals surface area contributed by atoms with Gasteiger partial charge in [-0.05, 0) is 25.8 Å². The van der Waals surface area contributed by atoms with E-state index in [1.54, 1.807) is 22.1 Å². The predicted octanol–water partition coefficient (Wildman–Crippen LogP) is 1.62.